The van der Waals surface area contributed by atoms with E-state index in [0.717, 1.165) is 0 Å². The molecular formula is C51H33N. The van der Waals surface area contributed by atoms with Crippen LogP contribution in [0.4, 0.5) is 0 Å². The van der Waals surface area contributed by atoms with Crippen molar-refractivity contribution in [1.29, 1.82) is 0 Å². The van der Waals surface area contributed by atoms with E-state index in [1.807, 2.05) is 0 Å². The molecule has 0 N–H and O–H groups in total. The summed E-state index contributed by atoms with van der Waals surface area (Å²) in [5.74, 6) is 0. The van der Waals surface area contributed by atoms with Gasteiger partial charge in [0.25, 0.3) is 0 Å². The standard InChI is InChI=1S/C51H33N/c1-32-26-28-33(29-27-32)52-48-25-13-5-17-37(48)39-30-47-38(31-49(39)52)36-16-4-8-20-42(36)51(47)45-23-11-9-21-43(45)50(44-22-10-12-24-46(44)51)40-18-6-2-14-34(40)35-15-3-7-19-41(35)50/h2-31H,1H3. The van der Waals surface area contributed by atoms with Crippen LogP contribution in [-0.2, 0) is 10.8 Å². The Labute approximate surface area is 303 Å². The molecule has 1 heterocycles. The first-order valence-corrected chi connectivity index (χ1v) is 18.4. The SMILES string of the molecule is Cc1ccc(-n2c3ccccc3c3cc4c(cc32)-c2ccccc2C42c3ccccc3C3(c4ccccc4-c4ccccc43)c3ccccc32)cc1. The molecule has 0 bridgehead atoms. The van der Waals surface area contributed by atoms with Crippen LogP contribution < -0.4 is 0 Å². The average molecular weight is 660 g/mol. The normalized spacial score (nSPS) is 14.9. The van der Waals surface area contributed by atoms with Crippen molar-refractivity contribution in [3.05, 3.63) is 232 Å². The van der Waals surface area contributed by atoms with E-state index in [4.69, 9.17) is 0 Å². The first-order chi connectivity index (χ1) is 25.7. The highest BCUT2D eigenvalue weighted by molar-refractivity contribution is 6.12. The number of aromatic nitrogens is 1. The number of hydrogen-bond donors (Lipinski definition) is 0. The molecule has 3 aliphatic carbocycles. The van der Waals surface area contributed by atoms with E-state index in [9.17, 15) is 0 Å². The topological polar surface area (TPSA) is 4.93 Å². The molecule has 1 nitrogen and oxygen atoms in total. The van der Waals surface area contributed by atoms with Crippen LogP contribution in [0.1, 0.15) is 50.1 Å². The zero-order valence-electron chi connectivity index (χ0n) is 28.8. The van der Waals surface area contributed by atoms with Gasteiger partial charge in [-0.05, 0) is 104 Å². The summed E-state index contributed by atoms with van der Waals surface area (Å²) in [6.45, 7) is 2.16. The first kappa shape index (κ1) is 28.3. The molecular weight excluding hydrogens is 627 g/mol. The fourth-order valence-corrected chi connectivity index (χ4v) is 10.7. The number of nitrogens with zero attached hydrogens (tertiary/aromatic N) is 1. The second-order valence-corrected chi connectivity index (χ2v) is 14.8. The van der Waals surface area contributed by atoms with Crippen molar-refractivity contribution >= 4 is 21.8 Å². The molecule has 0 saturated carbocycles. The van der Waals surface area contributed by atoms with Gasteiger partial charge in [0.2, 0.25) is 0 Å². The van der Waals surface area contributed by atoms with Gasteiger partial charge in [-0.1, -0.05) is 157 Å². The van der Waals surface area contributed by atoms with Crippen molar-refractivity contribution in [2.75, 3.05) is 0 Å². The van der Waals surface area contributed by atoms with Gasteiger partial charge >= 0.3 is 0 Å². The Bertz CT molecular complexity index is 2880. The van der Waals surface area contributed by atoms with Crippen LogP contribution in [0.15, 0.2) is 182 Å². The van der Waals surface area contributed by atoms with Gasteiger partial charge in [0.05, 0.1) is 21.9 Å². The third-order valence-electron chi connectivity index (χ3n) is 12.6. The fraction of sp³-hybridized carbons (Fsp3) is 0.0588. The fourth-order valence-electron chi connectivity index (χ4n) is 10.7. The molecule has 0 aliphatic heterocycles. The lowest BCUT2D eigenvalue weighted by atomic mass is 9.52. The Morgan fingerprint density at radius 2 is 0.750 bits per heavy atom. The Morgan fingerprint density at radius 3 is 1.29 bits per heavy atom. The molecule has 0 fully saturated rings. The molecule has 0 atom stereocenters. The lowest BCUT2D eigenvalue weighted by molar-refractivity contribution is 0.633. The molecule has 9 aromatic rings. The maximum absolute atomic E-state index is 2.56. The van der Waals surface area contributed by atoms with Gasteiger partial charge in [-0.25, -0.2) is 0 Å². The molecule has 12 rings (SSSR count). The number of rotatable bonds is 1. The maximum atomic E-state index is 2.56. The molecule has 2 spiro atoms. The zero-order valence-corrected chi connectivity index (χ0v) is 28.8. The quantitative estimate of drug-likeness (QED) is 0.165. The summed E-state index contributed by atoms with van der Waals surface area (Å²) < 4.78 is 2.46. The minimum atomic E-state index is -0.502. The second-order valence-electron chi connectivity index (χ2n) is 14.8. The van der Waals surface area contributed by atoms with Crippen molar-refractivity contribution in [1.82, 2.24) is 4.57 Å². The predicted octanol–water partition coefficient (Wildman–Crippen LogP) is 12.1. The lowest BCUT2D eigenvalue weighted by Crippen LogP contribution is -2.43. The summed E-state index contributed by atoms with van der Waals surface area (Å²) in [5, 5.41) is 2.56. The highest BCUT2D eigenvalue weighted by Gasteiger charge is 2.58. The van der Waals surface area contributed by atoms with Gasteiger partial charge in [0.15, 0.2) is 0 Å². The molecule has 8 aromatic carbocycles. The van der Waals surface area contributed by atoms with Gasteiger partial charge in [-0.15, -0.1) is 0 Å². The van der Waals surface area contributed by atoms with E-state index in [1.165, 1.54) is 99.8 Å². The number of benzene rings is 8. The Morgan fingerprint density at radius 1 is 0.327 bits per heavy atom. The molecule has 1 heteroatoms. The van der Waals surface area contributed by atoms with E-state index in [2.05, 4.69) is 193 Å². The van der Waals surface area contributed by atoms with Crippen molar-refractivity contribution < 1.29 is 0 Å². The molecule has 52 heavy (non-hydrogen) atoms. The third kappa shape index (κ3) is 3.18. The molecule has 0 unspecified atom stereocenters. The van der Waals surface area contributed by atoms with E-state index < -0.39 is 10.8 Å². The largest absolute Gasteiger partial charge is 0.309 e. The summed E-state index contributed by atoms with van der Waals surface area (Å²) in [6.07, 6.45) is 0. The Kier molecular flexibility index (Phi) is 5.37. The summed E-state index contributed by atoms with van der Waals surface area (Å²) >= 11 is 0. The van der Waals surface area contributed by atoms with E-state index in [-0.39, 0.29) is 0 Å². The summed E-state index contributed by atoms with van der Waals surface area (Å²) in [7, 11) is 0. The van der Waals surface area contributed by atoms with Crippen molar-refractivity contribution in [3.8, 4) is 27.9 Å². The van der Waals surface area contributed by atoms with Gasteiger partial charge in [0, 0.05) is 16.5 Å². The van der Waals surface area contributed by atoms with Crippen LogP contribution in [0.25, 0.3) is 49.7 Å². The van der Waals surface area contributed by atoms with E-state index in [0.29, 0.717) is 0 Å². The minimum Gasteiger partial charge on any atom is -0.309 e. The van der Waals surface area contributed by atoms with Gasteiger partial charge in [0.1, 0.15) is 0 Å². The predicted molar refractivity (Wildman–Crippen MR) is 214 cm³/mol. The molecule has 242 valence electrons. The Hall–Kier alpha value is -6.44. The second kappa shape index (κ2) is 9.87. The number of para-hydroxylation sites is 1. The monoisotopic (exact) mass is 659 g/mol. The van der Waals surface area contributed by atoms with Crippen LogP contribution in [0.2, 0.25) is 0 Å². The minimum absolute atomic E-state index is 0.436. The van der Waals surface area contributed by atoms with Crippen molar-refractivity contribution in [2.24, 2.45) is 0 Å². The number of fused-ring (bicyclic) bond motifs is 19. The molecule has 3 aliphatic rings. The van der Waals surface area contributed by atoms with Crippen molar-refractivity contribution in [3.63, 3.8) is 0 Å². The molecule has 0 amide bonds. The average Bonchev–Trinajstić information content (AvgIpc) is 3.80. The van der Waals surface area contributed by atoms with Crippen LogP contribution >= 0.6 is 0 Å². The molecule has 1 aromatic heterocycles. The molecule has 0 saturated heterocycles. The van der Waals surface area contributed by atoms with Crippen molar-refractivity contribution in [2.45, 2.75) is 17.8 Å². The van der Waals surface area contributed by atoms with Gasteiger partial charge < -0.3 is 4.57 Å². The van der Waals surface area contributed by atoms with Gasteiger partial charge in [-0.2, -0.15) is 0 Å². The zero-order chi connectivity index (χ0) is 34.2. The van der Waals surface area contributed by atoms with Crippen LogP contribution in [0.5, 0.6) is 0 Å². The van der Waals surface area contributed by atoms with Gasteiger partial charge in [-0.3, -0.25) is 0 Å². The van der Waals surface area contributed by atoms with Crippen LogP contribution in [0.3, 0.4) is 0 Å². The molecule has 0 radical (unpaired) electrons. The van der Waals surface area contributed by atoms with E-state index in [1.54, 1.807) is 0 Å². The number of hydrogen-bond acceptors (Lipinski definition) is 0. The Balaban J connectivity index is 1.26. The number of aryl methyl sites for hydroxylation is 1. The van der Waals surface area contributed by atoms with E-state index >= 15 is 0 Å². The summed E-state index contributed by atoms with van der Waals surface area (Å²) in [5.41, 5.74) is 20.2. The van der Waals surface area contributed by atoms with Crippen LogP contribution in [0, 0.1) is 6.92 Å². The summed E-state index contributed by atoms with van der Waals surface area (Å²) in [6, 6.07) is 69.1. The maximum Gasteiger partial charge on any atom is 0.0720 e. The highest BCUT2D eigenvalue weighted by atomic mass is 15.0. The summed E-state index contributed by atoms with van der Waals surface area (Å²) in [4.78, 5) is 0. The lowest BCUT2D eigenvalue weighted by Gasteiger charge is -2.48. The first-order valence-electron chi connectivity index (χ1n) is 18.4. The van der Waals surface area contributed by atoms with Crippen LogP contribution in [-0.4, -0.2) is 4.57 Å². The third-order valence-corrected chi connectivity index (χ3v) is 12.6. The highest BCUT2D eigenvalue weighted by Crippen LogP contribution is 2.67. The smallest absolute Gasteiger partial charge is 0.0720 e.